The lowest BCUT2D eigenvalue weighted by molar-refractivity contribution is 0.654. The van der Waals surface area contributed by atoms with Crippen LogP contribution in [0.25, 0.3) is 27.9 Å². The molecule has 6 heteroatoms. The van der Waals surface area contributed by atoms with E-state index in [-0.39, 0.29) is 5.56 Å². The standard InChI is InChI=1S/C22H19N5O/c28-21-14-20(16-7-9-23-10-8-16)25-22-26(12-13-27(21)22)11-3-4-17-15-24-19-6-2-1-5-18(17)19/h1-2,5-10,12-15,24H,3-4,11H2. The Bertz CT molecular complexity index is 1310. The normalized spacial score (nSPS) is 11.4. The van der Waals surface area contributed by atoms with Gasteiger partial charge in [0.1, 0.15) is 0 Å². The number of rotatable bonds is 5. The van der Waals surface area contributed by atoms with E-state index in [0.717, 1.165) is 24.9 Å². The Labute approximate surface area is 161 Å². The molecule has 0 fully saturated rings. The van der Waals surface area contributed by atoms with Gasteiger partial charge in [-0.25, -0.2) is 4.98 Å². The highest BCUT2D eigenvalue weighted by Gasteiger charge is 2.09. The Balaban J connectivity index is 1.41. The van der Waals surface area contributed by atoms with Crippen LogP contribution in [0.3, 0.4) is 0 Å². The zero-order valence-corrected chi connectivity index (χ0v) is 15.2. The molecule has 5 rings (SSSR count). The maximum absolute atomic E-state index is 12.5. The topological polar surface area (TPSA) is 68.0 Å². The molecule has 0 amide bonds. The van der Waals surface area contributed by atoms with Crippen LogP contribution in [0.1, 0.15) is 12.0 Å². The van der Waals surface area contributed by atoms with Crippen molar-refractivity contribution < 1.29 is 0 Å². The fourth-order valence-electron chi connectivity index (χ4n) is 3.66. The van der Waals surface area contributed by atoms with Crippen LogP contribution in [-0.4, -0.2) is 23.9 Å². The fraction of sp³-hybridized carbons (Fsp3) is 0.136. The molecule has 0 saturated heterocycles. The first kappa shape index (κ1) is 16.5. The highest BCUT2D eigenvalue weighted by atomic mass is 16.1. The van der Waals surface area contributed by atoms with Crippen molar-refractivity contribution in [1.29, 1.82) is 0 Å². The van der Waals surface area contributed by atoms with Gasteiger partial charge in [-0.3, -0.25) is 14.2 Å². The lowest BCUT2D eigenvalue weighted by Crippen LogP contribution is -2.14. The summed E-state index contributed by atoms with van der Waals surface area (Å²) in [6, 6.07) is 13.6. The molecule has 0 aliphatic carbocycles. The van der Waals surface area contributed by atoms with E-state index in [0.29, 0.717) is 11.5 Å². The van der Waals surface area contributed by atoms with E-state index in [2.05, 4.69) is 34.4 Å². The molecule has 0 bridgehead atoms. The average molecular weight is 369 g/mol. The van der Waals surface area contributed by atoms with Gasteiger partial charge in [0, 0.05) is 60.1 Å². The number of benzene rings is 1. The van der Waals surface area contributed by atoms with E-state index in [4.69, 9.17) is 4.98 Å². The van der Waals surface area contributed by atoms with E-state index in [9.17, 15) is 4.79 Å². The van der Waals surface area contributed by atoms with Gasteiger partial charge in [-0.1, -0.05) is 18.2 Å². The monoisotopic (exact) mass is 369 g/mol. The van der Waals surface area contributed by atoms with Crippen LogP contribution in [0.4, 0.5) is 0 Å². The number of nitrogens with one attached hydrogen (secondary N) is 1. The summed E-state index contributed by atoms with van der Waals surface area (Å²) in [5.41, 5.74) is 3.96. The van der Waals surface area contributed by atoms with Crippen LogP contribution in [0.2, 0.25) is 0 Å². The Morgan fingerprint density at radius 3 is 2.79 bits per heavy atom. The van der Waals surface area contributed by atoms with Crippen molar-refractivity contribution >= 4 is 16.7 Å². The van der Waals surface area contributed by atoms with E-state index in [1.807, 2.05) is 29.0 Å². The van der Waals surface area contributed by atoms with Gasteiger partial charge in [0.05, 0.1) is 5.69 Å². The number of hydrogen-bond donors (Lipinski definition) is 1. The minimum atomic E-state index is -0.0767. The minimum Gasteiger partial charge on any atom is -0.361 e. The van der Waals surface area contributed by atoms with Crippen molar-refractivity contribution in [2.24, 2.45) is 0 Å². The first-order valence-electron chi connectivity index (χ1n) is 9.33. The summed E-state index contributed by atoms with van der Waals surface area (Å²) in [6.45, 7) is 0.794. The molecule has 0 aliphatic heterocycles. The smallest absolute Gasteiger partial charge is 0.259 e. The maximum atomic E-state index is 12.5. The number of fused-ring (bicyclic) bond motifs is 2. The van der Waals surface area contributed by atoms with Crippen LogP contribution in [-0.2, 0) is 13.0 Å². The molecular weight excluding hydrogens is 350 g/mol. The Morgan fingerprint density at radius 1 is 1.04 bits per heavy atom. The summed E-state index contributed by atoms with van der Waals surface area (Å²) in [4.78, 5) is 24.6. The molecule has 1 N–H and O–H groups in total. The molecule has 6 nitrogen and oxygen atoms in total. The number of aromatic amines is 1. The molecule has 0 atom stereocenters. The Kier molecular flexibility index (Phi) is 4.01. The number of imidazole rings is 1. The molecule has 4 aromatic heterocycles. The number of aromatic nitrogens is 5. The molecule has 28 heavy (non-hydrogen) atoms. The van der Waals surface area contributed by atoms with Gasteiger partial charge in [0.25, 0.3) is 5.56 Å². The summed E-state index contributed by atoms with van der Waals surface area (Å²) in [5.74, 6) is 0.665. The summed E-state index contributed by atoms with van der Waals surface area (Å²) in [6.07, 6.45) is 11.1. The van der Waals surface area contributed by atoms with Gasteiger partial charge >= 0.3 is 0 Å². The van der Waals surface area contributed by atoms with Crippen LogP contribution in [0.15, 0.2) is 78.2 Å². The van der Waals surface area contributed by atoms with Gasteiger partial charge in [-0.15, -0.1) is 0 Å². The predicted octanol–water partition coefficient (Wildman–Crippen LogP) is 3.67. The van der Waals surface area contributed by atoms with Gasteiger partial charge in [-0.05, 0) is 36.6 Å². The molecule has 138 valence electrons. The molecule has 0 radical (unpaired) electrons. The van der Waals surface area contributed by atoms with E-state index >= 15 is 0 Å². The van der Waals surface area contributed by atoms with Gasteiger partial charge < -0.3 is 9.55 Å². The summed E-state index contributed by atoms with van der Waals surface area (Å²) in [5, 5.41) is 1.27. The first-order chi connectivity index (χ1) is 13.8. The Morgan fingerprint density at radius 2 is 1.89 bits per heavy atom. The largest absolute Gasteiger partial charge is 0.361 e. The number of hydrogen-bond acceptors (Lipinski definition) is 3. The third-order valence-electron chi connectivity index (χ3n) is 5.08. The molecule has 0 unspecified atom stereocenters. The predicted molar refractivity (Wildman–Crippen MR) is 109 cm³/mol. The van der Waals surface area contributed by atoms with E-state index < -0.39 is 0 Å². The van der Waals surface area contributed by atoms with Crippen molar-refractivity contribution in [1.82, 2.24) is 23.9 Å². The summed E-state index contributed by atoms with van der Waals surface area (Å²) in [7, 11) is 0. The SMILES string of the molecule is O=c1cc(-c2ccncc2)nc2n(CCCc3c[nH]c4ccccc34)ccn12. The average Bonchev–Trinajstić information content (AvgIpc) is 3.34. The zero-order chi connectivity index (χ0) is 18.9. The van der Waals surface area contributed by atoms with Crippen molar-refractivity contribution in [3.05, 3.63) is 89.4 Å². The second kappa shape index (κ2) is 6.81. The molecular formula is C22H19N5O. The molecule has 4 heterocycles. The number of nitrogens with zero attached hydrogens (tertiary/aromatic N) is 4. The minimum absolute atomic E-state index is 0.0767. The third kappa shape index (κ3) is 2.89. The van der Waals surface area contributed by atoms with Gasteiger partial charge in [0.2, 0.25) is 5.78 Å². The lowest BCUT2D eigenvalue weighted by Gasteiger charge is -2.06. The Hall–Kier alpha value is -3.67. The van der Waals surface area contributed by atoms with E-state index in [1.165, 1.54) is 16.5 Å². The first-order valence-corrected chi connectivity index (χ1v) is 9.33. The number of pyridine rings is 1. The van der Waals surface area contributed by atoms with Crippen molar-refractivity contribution in [2.45, 2.75) is 19.4 Å². The molecule has 0 aliphatic rings. The van der Waals surface area contributed by atoms with Crippen molar-refractivity contribution in [3.8, 4) is 11.3 Å². The van der Waals surface area contributed by atoms with Crippen LogP contribution in [0.5, 0.6) is 0 Å². The highest BCUT2D eigenvalue weighted by Crippen LogP contribution is 2.20. The third-order valence-corrected chi connectivity index (χ3v) is 5.08. The summed E-state index contributed by atoms with van der Waals surface area (Å²) < 4.78 is 3.64. The van der Waals surface area contributed by atoms with Gasteiger partial charge in [0.15, 0.2) is 0 Å². The highest BCUT2D eigenvalue weighted by molar-refractivity contribution is 5.83. The fourth-order valence-corrected chi connectivity index (χ4v) is 3.66. The second-order valence-electron chi connectivity index (χ2n) is 6.84. The van der Waals surface area contributed by atoms with Gasteiger partial charge in [-0.2, -0.15) is 0 Å². The quantitative estimate of drug-likeness (QED) is 0.514. The van der Waals surface area contributed by atoms with Crippen LogP contribution < -0.4 is 5.56 Å². The second-order valence-corrected chi connectivity index (χ2v) is 6.84. The van der Waals surface area contributed by atoms with Crippen LogP contribution >= 0.6 is 0 Å². The molecule has 5 aromatic rings. The van der Waals surface area contributed by atoms with Crippen LogP contribution in [0, 0.1) is 0 Å². The molecule has 0 spiro atoms. The zero-order valence-electron chi connectivity index (χ0n) is 15.2. The molecule has 1 aromatic carbocycles. The van der Waals surface area contributed by atoms with Crippen molar-refractivity contribution in [2.75, 3.05) is 0 Å². The molecule has 0 saturated carbocycles. The number of para-hydroxylation sites is 1. The van der Waals surface area contributed by atoms with E-state index in [1.54, 1.807) is 29.1 Å². The summed E-state index contributed by atoms with van der Waals surface area (Å²) >= 11 is 0. The maximum Gasteiger partial charge on any atom is 0.259 e. The lowest BCUT2D eigenvalue weighted by atomic mass is 10.1. The number of H-pyrrole nitrogens is 1. The van der Waals surface area contributed by atoms with Crippen molar-refractivity contribution in [3.63, 3.8) is 0 Å². The number of aryl methyl sites for hydroxylation is 2.